The summed E-state index contributed by atoms with van der Waals surface area (Å²) in [6, 6.07) is 0.540. The maximum atomic E-state index is 9.86. The van der Waals surface area contributed by atoms with Gasteiger partial charge in [-0.1, -0.05) is 6.92 Å². The Kier molecular flexibility index (Phi) is 4.83. The summed E-state index contributed by atoms with van der Waals surface area (Å²) in [6.07, 6.45) is 5.01. The molecule has 1 aliphatic heterocycles. The number of rotatable bonds is 6. The molecule has 2 rings (SSSR count). The van der Waals surface area contributed by atoms with Crippen molar-refractivity contribution in [3.8, 4) is 0 Å². The van der Waals surface area contributed by atoms with Gasteiger partial charge in [-0.25, -0.2) is 0 Å². The third-order valence-corrected chi connectivity index (χ3v) is 4.51. The van der Waals surface area contributed by atoms with Gasteiger partial charge in [0.15, 0.2) is 0 Å². The Morgan fingerprint density at radius 2 is 2.06 bits per heavy atom. The van der Waals surface area contributed by atoms with E-state index in [1.54, 1.807) is 0 Å². The molecule has 0 aromatic heterocycles. The van der Waals surface area contributed by atoms with Gasteiger partial charge in [-0.2, -0.15) is 0 Å². The Labute approximate surface area is 106 Å². The largest absolute Gasteiger partial charge is 0.392 e. The number of nitrogens with one attached hydrogen (secondary N) is 1. The first-order valence-electron chi connectivity index (χ1n) is 7.34. The second-order valence-corrected chi connectivity index (χ2v) is 5.90. The highest BCUT2D eigenvalue weighted by Crippen LogP contribution is 2.32. The molecule has 0 aromatic carbocycles. The molecule has 0 radical (unpaired) electrons. The molecule has 0 spiro atoms. The van der Waals surface area contributed by atoms with Crippen molar-refractivity contribution in [3.05, 3.63) is 0 Å². The molecule has 3 nitrogen and oxygen atoms in total. The van der Waals surface area contributed by atoms with E-state index in [0.717, 1.165) is 12.5 Å². The molecule has 1 saturated heterocycles. The van der Waals surface area contributed by atoms with E-state index in [1.165, 1.54) is 45.3 Å². The zero-order valence-corrected chi connectivity index (χ0v) is 11.4. The predicted octanol–water partition coefficient (Wildman–Crippen LogP) is 1.47. The van der Waals surface area contributed by atoms with Crippen molar-refractivity contribution < 1.29 is 5.11 Å². The number of aliphatic hydroxyl groups excluding tert-OH is 1. The highest BCUT2D eigenvalue weighted by Gasteiger charge is 2.30. The summed E-state index contributed by atoms with van der Waals surface area (Å²) in [7, 11) is 0. The van der Waals surface area contributed by atoms with Crippen LogP contribution in [-0.4, -0.2) is 48.3 Å². The average Bonchev–Trinajstić information content (AvgIpc) is 3.19. The van der Waals surface area contributed by atoms with Crippen LogP contribution < -0.4 is 5.32 Å². The van der Waals surface area contributed by atoms with E-state index in [-0.39, 0.29) is 6.10 Å². The number of aliphatic hydroxyl groups is 1. The third-order valence-electron chi connectivity index (χ3n) is 4.51. The maximum Gasteiger partial charge on any atom is 0.0692 e. The number of hydrogen-bond acceptors (Lipinski definition) is 3. The van der Waals surface area contributed by atoms with Crippen molar-refractivity contribution in [1.29, 1.82) is 0 Å². The molecule has 3 heteroatoms. The van der Waals surface area contributed by atoms with Crippen molar-refractivity contribution in [2.24, 2.45) is 11.8 Å². The summed E-state index contributed by atoms with van der Waals surface area (Å²) in [4.78, 5) is 2.55. The standard InChI is InChI=1S/C14H28N2O/c1-3-16-8-4-5-13(10-16)11(2)15-9-14(17)12-6-7-12/h11-15,17H,3-10H2,1-2H3. The van der Waals surface area contributed by atoms with E-state index in [4.69, 9.17) is 0 Å². The van der Waals surface area contributed by atoms with Crippen LogP contribution in [0.15, 0.2) is 0 Å². The van der Waals surface area contributed by atoms with Gasteiger partial charge in [-0.3, -0.25) is 0 Å². The number of piperidine rings is 1. The van der Waals surface area contributed by atoms with Gasteiger partial charge in [0.2, 0.25) is 0 Å². The Hall–Kier alpha value is -0.120. The Morgan fingerprint density at radius 3 is 2.71 bits per heavy atom. The van der Waals surface area contributed by atoms with Gasteiger partial charge in [0.1, 0.15) is 0 Å². The lowest BCUT2D eigenvalue weighted by Gasteiger charge is -2.35. The first-order valence-corrected chi connectivity index (χ1v) is 7.34. The van der Waals surface area contributed by atoms with E-state index in [9.17, 15) is 5.11 Å². The van der Waals surface area contributed by atoms with Gasteiger partial charge < -0.3 is 15.3 Å². The lowest BCUT2D eigenvalue weighted by molar-refractivity contribution is 0.124. The first kappa shape index (κ1) is 13.3. The topological polar surface area (TPSA) is 35.5 Å². The summed E-state index contributed by atoms with van der Waals surface area (Å²) in [5.41, 5.74) is 0. The van der Waals surface area contributed by atoms with Crippen molar-refractivity contribution in [2.45, 2.75) is 51.7 Å². The molecular formula is C14H28N2O. The molecular weight excluding hydrogens is 212 g/mol. The highest BCUT2D eigenvalue weighted by atomic mass is 16.3. The highest BCUT2D eigenvalue weighted by molar-refractivity contribution is 4.85. The van der Waals surface area contributed by atoms with Crippen molar-refractivity contribution in [1.82, 2.24) is 10.2 Å². The average molecular weight is 240 g/mol. The lowest BCUT2D eigenvalue weighted by atomic mass is 9.91. The molecule has 1 heterocycles. The van der Waals surface area contributed by atoms with Gasteiger partial charge in [0.25, 0.3) is 0 Å². The molecule has 100 valence electrons. The molecule has 3 unspecified atom stereocenters. The summed E-state index contributed by atoms with van der Waals surface area (Å²) in [5, 5.41) is 13.4. The molecule has 0 aromatic rings. The van der Waals surface area contributed by atoms with Gasteiger partial charge in [-0.05, 0) is 57.5 Å². The fourth-order valence-electron chi connectivity index (χ4n) is 2.91. The molecule has 0 amide bonds. The number of hydrogen-bond donors (Lipinski definition) is 2. The summed E-state index contributed by atoms with van der Waals surface area (Å²) in [6.45, 7) is 8.98. The summed E-state index contributed by atoms with van der Waals surface area (Å²) < 4.78 is 0. The fraction of sp³-hybridized carbons (Fsp3) is 1.00. The van der Waals surface area contributed by atoms with Crippen LogP contribution in [0.1, 0.15) is 39.5 Å². The van der Waals surface area contributed by atoms with Crippen LogP contribution in [0, 0.1) is 11.8 Å². The molecule has 1 saturated carbocycles. The molecule has 3 atom stereocenters. The molecule has 0 bridgehead atoms. The van der Waals surface area contributed by atoms with Crippen molar-refractivity contribution in [3.63, 3.8) is 0 Å². The van der Waals surface area contributed by atoms with Crippen LogP contribution in [0.4, 0.5) is 0 Å². The van der Waals surface area contributed by atoms with E-state index >= 15 is 0 Å². The minimum atomic E-state index is -0.108. The normalized spacial score (nSPS) is 30.2. The van der Waals surface area contributed by atoms with E-state index in [1.807, 2.05) is 0 Å². The van der Waals surface area contributed by atoms with Gasteiger partial charge >= 0.3 is 0 Å². The maximum absolute atomic E-state index is 9.86. The SMILES string of the molecule is CCN1CCCC(C(C)NCC(O)C2CC2)C1. The van der Waals surface area contributed by atoms with Gasteiger partial charge in [-0.15, -0.1) is 0 Å². The van der Waals surface area contributed by atoms with Crippen LogP contribution in [0.3, 0.4) is 0 Å². The van der Waals surface area contributed by atoms with E-state index < -0.39 is 0 Å². The zero-order valence-electron chi connectivity index (χ0n) is 11.4. The smallest absolute Gasteiger partial charge is 0.0692 e. The lowest BCUT2D eigenvalue weighted by Crippen LogP contribution is -2.46. The van der Waals surface area contributed by atoms with Crippen LogP contribution in [0.5, 0.6) is 0 Å². The predicted molar refractivity (Wildman–Crippen MR) is 71.0 cm³/mol. The van der Waals surface area contributed by atoms with Crippen LogP contribution in [-0.2, 0) is 0 Å². The van der Waals surface area contributed by atoms with Crippen LogP contribution in [0.2, 0.25) is 0 Å². The van der Waals surface area contributed by atoms with Gasteiger partial charge in [0, 0.05) is 19.1 Å². The molecule has 2 fully saturated rings. The van der Waals surface area contributed by atoms with Crippen molar-refractivity contribution >= 4 is 0 Å². The Bertz CT molecular complexity index is 230. The molecule has 2 N–H and O–H groups in total. The molecule has 17 heavy (non-hydrogen) atoms. The van der Waals surface area contributed by atoms with Crippen molar-refractivity contribution in [2.75, 3.05) is 26.2 Å². The summed E-state index contributed by atoms with van der Waals surface area (Å²) >= 11 is 0. The van der Waals surface area contributed by atoms with Gasteiger partial charge in [0.05, 0.1) is 6.10 Å². The summed E-state index contributed by atoms with van der Waals surface area (Å²) in [5.74, 6) is 1.35. The van der Waals surface area contributed by atoms with Crippen LogP contribution in [0.25, 0.3) is 0 Å². The number of likely N-dealkylation sites (tertiary alicyclic amines) is 1. The fourth-order valence-corrected chi connectivity index (χ4v) is 2.91. The monoisotopic (exact) mass is 240 g/mol. The quantitative estimate of drug-likeness (QED) is 0.738. The molecule has 1 aliphatic carbocycles. The Balaban J connectivity index is 1.68. The minimum absolute atomic E-state index is 0.108. The zero-order chi connectivity index (χ0) is 12.3. The minimum Gasteiger partial charge on any atom is -0.392 e. The first-order chi connectivity index (χ1) is 8.20. The van der Waals surface area contributed by atoms with E-state index in [2.05, 4.69) is 24.1 Å². The molecule has 2 aliphatic rings. The second kappa shape index (κ2) is 6.17. The third kappa shape index (κ3) is 3.94. The number of nitrogens with zero attached hydrogens (tertiary/aromatic N) is 1. The van der Waals surface area contributed by atoms with Crippen LogP contribution >= 0.6 is 0 Å². The Morgan fingerprint density at radius 1 is 1.29 bits per heavy atom. The van der Waals surface area contributed by atoms with E-state index in [0.29, 0.717) is 12.0 Å². The second-order valence-electron chi connectivity index (χ2n) is 5.90.